The summed E-state index contributed by atoms with van der Waals surface area (Å²) in [5.41, 5.74) is 0. The lowest BCUT2D eigenvalue weighted by Crippen LogP contribution is -2.40. The lowest BCUT2D eigenvalue weighted by atomic mass is 9.86. The molecule has 1 rings (SSSR count). The summed E-state index contributed by atoms with van der Waals surface area (Å²) in [5, 5.41) is 3.02. The van der Waals surface area contributed by atoms with Gasteiger partial charge in [-0.05, 0) is 38.6 Å². The van der Waals surface area contributed by atoms with Crippen molar-refractivity contribution in [3.63, 3.8) is 0 Å². The van der Waals surface area contributed by atoms with Gasteiger partial charge in [0.15, 0.2) is 0 Å². The Labute approximate surface area is 105 Å². The van der Waals surface area contributed by atoms with Crippen molar-refractivity contribution >= 4 is 18.3 Å². The van der Waals surface area contributed by atoms with Gasteiger partial charge >= 0.3 is 0 Å². The van der Waals surface area contributed by atoms with Crippen LogP contribution in [0.4, 0.5) is 0 Å². The van der Waals surface area contributed by atoms with Gasteiger partial charge in [0.1, 0.15) is 0 Å². The van der Waals surface area contributed by atoms with Crippen molar-refractivity contribution in [1.82, 2.24) is 10.2 Å². The molecule has 1 fully saturated rings. The molecule has 1 amide bonds. The van der Waals surface area contributed by atoms with Crippen molar-refractivity contribution in [2.45, 2.75) is 45.1 Å². The molecule has 3 nitrogen and oxygen atoms in total. The van der Waals surface area contributed by atoms with Crippen LogP contribution in [0.1, 0.15) is 39.0 Å². The van der Waals surface area contributed by atoms with Gasteiger partial charge in [0.05, 0.1) is 0 Å². The van der Waals surface area contributed by atoms with E-state index in [2.05, 4.69) is 12.2 Å². The largest absolute Gasteiger partial charge is 0.343 e. The molecule has 4 heteroatoms. The van der Waals surface area contributed by atoms with E-state index in [4.69, 9.17) is 0 Å². The fraction of sp³-hybridized carbons (Fsp3) is 0.917. The molecule has 0 radical (unpaired) electrons. The Balaban J connectivity index is 0.00000225. The Hall–Kier alpha value is -0.280. The Morgan fingerprint density at radius 2 is 1.88 bits per heavy atom. The Bertz CT molecular complexity index is 203. The molecule has 0 aromatic rings. The van der Waals surface area contributed by atoms with Gasteiger partial charge in [-0.3, -0.25) is 4.79 Å². The van der Waals surface area contributed by atoms with Crippen LogP contribution in [0.2, 0.25) is 0 Å². The normalized spacial score (nSPS) is 24.7. The molecule has 0 saturated heterocycles. The molecule has 1 aliphatic rings. The van der Waals surface area contributed by atoms with Crippen LogP contribution in [-0.4, -0.2) is 37.5 Å². The first-order chi connectivity index (χ1) is 7.15. The third kappa shape index (κ3) is 4.71. The zero-order valence-electron chi connectivity index (χ0n) is 10.7. The van der Waals surface area contributed by atoms with Gasteiger partial charge in [-0.2, -0.15) is 0 Å². The Morgan fingerprint density at radius 3 is 2.38 bits per heavy atom. The molecular weight excluding hydrogens is 224 g/mol. The molecule has 1 saturated carbocycles. The minimum Gasteiger partial charge on any atom is -0.343 e. The predicted molar refractivity (Wildman–Crippen MR) is 70.0 cm³/mol. The monoisotopic (exact) mass is 248 g/mol. The maximum absolute atomic E-state index is 11.8. The number of hydrogen-bond acceptors (Lipinski definition) is 2. The van der Waals surface area contributed by atoms with Gasteiger partial charge in [-0.15, -0.1) is 12.4 Å². The summed E-state index contributed by atoms with van der Waals surface area (Å²) in [6.07, 6.45) is 5.54. The number of nitrogens with zero attached hydrogens (tertiary/aromatic N) is 1. The van der Waals surface area contributed by atoms with E-state index in [1.54, 1.807) is 0 Å². The molecule has 16 heavy (non-hydrogen) atoms. The third-order valence-electron chi connectivity index (χ3n) is 3.52. The van der Waals surface area contributed by atoms with Crippen LogP contribution in [0, 0.1) is 5.92 Å². The molecule has 1 aliphatic carbocycles. The minimum absolute atomic E-state index is 0. The minimum atomic E-state index is 0. The van der Waals surface area contributed by atoms with Crippen LogP contribution in [0.25, 0.3) is 0 Å². The van der Waals surface area contributed by atoms with Crippen LogP contribution in [0.3, 0.4) is 0 Å². The lowest BCUT2D eigenvalue weighted by molar-refractivity contribution is -0.132. The summed E-state index contributed by atoms with van der Waals surface area (Å²) in [4.78, 5) is 13.7. The molecule has 0 aromatic carbocycles. The Kier molecular flexibility index (Phi) is 7.77. The van der Waals surface area contributed by atoms with Crippen LogP contribution in [0.15, 0.2) is 0 Å². The quantitative estimate of drug-likeness (QED) is 0.826. The van der Waals surface area contributed by atoms with Crippen molar-refractivity contribution < 1.29 is 4.79 Å². The highest BCUT2D eigenvalue weighted by molar-refractivity contribution is 5.85. The first kappa shape index (κ1) is 15.7. The fourth-order valence-electron chi connectivity index (χ4n) is 2.24. The highest BCUT2D eigenvalue weighted by atomic mass is 35.5. The topological polar surface area (TPSA) is 32.3 Å². The van der Waals surface area contributed by atoms with Crippen molar-refractivity contribution in [3.8, 4) is 0 Å². The molecule has 0 unspecified atom stereocenters. The molecule has 0 spiro atoms. The SMILES string of the molecule is CNCCC(=O)N(C)C1CCC(C)CC1.Cl. The van der Waals surface area contributed by atoms with Crippen molar-refractivity contribution in [2.75, 3.05) is 20.6 Å². The van der Waals surface area contributed by atoms with Crippen molar-refractivity contribution in [1.29, 1.82) is 0 Å². The van der Waals surface area contributed by atoms with E-state index in [-0.39, 0.29) is 18.3 Å². The number of amides is 1. The smallest absolute Gasteiger partial charge is 0.223 e. The number of carbonyl (C=O) groups is 1. The molecule has 0 aliphatic heterocycles. The number of carbonyl (C=O) groups excluding carboxylic acids is 1. The fourth-order valence-corrected chi connectivity index (χ4v) is 2.24. The molecule has 0 atom stereocenters. The first-order valence-electron chi connectivity index (χ1n) is 6.05. The van der Waals surface area contributed by atoms with Crippen molar-refractivity contribution in [2.24, 2.45) is 5.92 Å². The van der Waals surface area contributed by atoms with Crippen LogP contribution in [0.5, 0.6) is 0 Å². The summed E-state index contributed by atoms with van der Waals surface area (Å²) >= 11 is 0. The molecule has 0 aromatic heterocycles. The average Bonchev–Trinajstić information content (AvgIpc) is 2.26. The van der Waals surface area contributed by atoms with Gasteiger partial charge in [0.2, 0.25) is 5.91 Å². The highest BCUT2D eigenvalue weighted by Crippen LogP contribution is 2.26. The number of halogens is 1. The number of nitrogens with one attached hydrogen (secondary N) is 1. The molecule has 0 bridgehead atoms. The summed E-state index contributed by atoms with van der Waals surface area (Å²) in [7, 11) is 3.84. The van der Waals surface area contributed by atoms with E-state index in [1.807, 2.05) is 19.0 Å². The van der Waals surface area contributed by atoms with Crippen molar-refractivity contribution in [3.05, 3.63) is 0 Å². The standard InChI is InChI=1S/C12H24N2O.ClH/c1-10-4-6-11(7-5-10)14(3)12(15)8-9-13-2;/h10-11,13H,4-9H2,1-3H3;1H. The summed E-state index contributed by atoms with van der Waals surface area (Å²) in [6, 6.07) is 0.491. The van der Waals surface area contributed by atoms with E-state index < -0.39 is 0 Å². The van der Waals surface area contributed by atoms with E-state index in [0.717, 1.165) is 12.5 Å². The second-order valence-corrected chi connectivity index (χ2v) is 4.77. The zero-order valence-corrected chi connectivity index (χ0v) is 11.5. The number of hydrogen-bond donors (Lipinski definition) is 1. The summed E-state index contributed by atoms with van der Waals surface area (Å²) < 4.78 is 0. The van der Waals surface area contributed by atoms with E-state index in [1.165, 1.54) is 25.7 Å². The van der Waals surface area contributed by atoms with Gasteiger partial charge in [-0.1, -0.05) is 6.92 Å². The lowest BCUT2D eigenvalue weighted by Gasteiger charge is -2.33. The second kappa shape index (κ2) is 7.91. The van der Waals surface area contributed by atoms with Crippen LogP contribution >= 0.6 is 12.4 Å². The highest BCUT2D eigenvalue weighted by Gasteiger charge is 2.24. The first-order valence-corrected chi connectivity index (χ1v) is 6.05. The van der Waals surface area contributed by atoms with Gasteiger partial charge < -0.3 is 10.2 Å². The van der Waals surface area contributed by atoms with Gasteiger partial charge in [0, 0.05) is 26.1 Å². The molecular formula is C12H25ClN2O. The number of rotatable bonds is 4. The zero-order chi connectivity index (χ0) is 11.3. The van der Waals surface area contributed by atoms with E-state index in [0.29, 0.717) is 12.5 Å². The van der Waals surface area contributed by atoms with E-state index >= 15 is 0 Å². The van der Waals surface area contributed by atoms with Crippen LogP contribution < -0.4 is 5.32 Å². The maximum Gasteiger partial charge on any atom is 0.223 e. The Morgan fingerprint density at radius 1 is 1.31 bits per heavy atom. The second-order valence-electron chi connectivity index (χ2n) is 4.77. The molecule has 96 valence electrons. The molecule has 1 N–H and O–H groups in total. The van der Waals surface area contributed by atoms with Gasteiger partial charge in [0.25, 0.3) is 0 Å². The summed E-state index contributed by atoms with van der Waals surface area (Å²) in [5.74, 6) is 1.13. The maximum atomic E-state index is 11.8. The van der Waals surface area contributed by atoms with Gasteiger partial charge in [-0.25, -0.2) is 0 Å². The summed E-state index contributed by atoms with van der Waals surface area (Å²) in [6.45, 7) is 3.09. The third-order valence-corrected chi connectivity index (χ3v) is 3.52. The predicted octanol–water partition coefficient (Wildman–Crippen LogP) is 2.05. The molecule has 0 heterocycles. The van der Waals surface area contributed by atoms with Crippen LogP contribution in [-0.2, 0) is 4.79 Å². The average molecular weight is 249 g/mol. The van der Waals surface area contributed by atoms with E-state index in [9.17, 15) is 4.79 Å².